The second kappa shape index (κ2) is 9.95. The number of hydrogen-bond donors (Lipinski definition) is 3. The standard InChI is InChI=1S/C24H22N2O4S/c1-15-10-11-18(12-16(15)2)25-22(27)14-31-19-7-5-6-17(13-19)26-23(28)20-8-3-4-9-21(20)24(29)30/h3-13H,14H2,1-2H3,(H,25,27)(H,26,28)(H,29,30). The Morgan fingerprint density at radius 2 is 1.52 bits per heavy atom. The molecule has 0 aliphatic carbocycles. The number of hydrogen-bond acceptors (Lipinski definition) is 4. The lowest BCUT2D eigenvalue weighted by Crippen LogP contribution is -2.16. The van der Waals surface area contributed by atoms with Crippen LogP contribution in [0, 0.1) is 13.8 Å². The average Bonchev–Trinajstić information content (AvgIpc) is 2.75. The van der Waals surface area contributed by atoms with Crippen LogP contribution >= 0.6 is 11.8 Å². The van der Waals surface area contributed by atoms with Crippen molar-refractivity contribution in [3.63, 3.8) is 0 Å². The summed E-state index contributed by atoms with van der Waals surface area (Å²) in [6.45, 7) is 4.01. The predicted molar refractivity (Wildman–Crippen MR) is 123 cm³/mol. The summed E-state index contributed by atoms with van der Waals surface area (Å²) in [6, 6.07) is 18.9. The third-order valence-electron chi connectivity index (χ3n) is 4.65. The quantitative estimate of drug-likeness (QED) is 0.456. The van der Waals surface area contributed by atoms with E-state index >= 15 is 0 Å². The zero-order valence-electron chi connectivity index (χ0n) is 17.1. The number of carboxylic acids is 1. The van der Waals surface area contributed by atoms with Gasteiger partial charge >= 0.3 is 5.97 Å². The molecule has 31 heavy (non-hydrogen) atoms. The number of anilines is 2. The van der Waals surface area contributed by atoms with E-state index in [0.717, 1.165) is 21.7 Å². The molecule has 0 heterocycles. The third kappa shape index (κ3) is 5.96. The van der Waals surface area contributed by atoms with Crippen LogP contribution in [0.1, 0.15) is 31.8 Å². The lowest BCUT2D eigenvalue weighted by atomic mass is 10.1. The van der Waals surface area contributed by atoms with Crippen molar-refractivity contribution in [3.8, 4) is 0 Å². The van der Waals surface area contributed by atoms with Crippen molar-refractivity contribution in [1.82, 2.24) is 0 Å². The molecule has 0 fully saturated rings. The topological polar surface area (TPSA) is 95.5 Å². The molecule has 0 spiro atoms. The van der Waals surface area contributed by atoms with E-state index < -0.39 is 11.9 Å². The first-order valence-electron chi connectivity index (χ1n) is 9.57. The number of benzene rings is 3. The van der Waals surface area contributed by atoms with Gasteiger partial charge in [-0.2, -0.15) is 0 Å². The molecule has 3 aromatic rings. The normalized spacial score (nSPS) is 10.4. The molecule has 6 nitrogen and oxygen atoms in total. The van der Waals surface area contributed by atoms with Gasteiger partial charge in [-0.3, -0.25) is 9.59 Å². The maximum Gasteiger partial charge on any atom is 0.336 e. The number of aryl methyl sites for hydroxylation is 2. The molecule has 158 valence electrons. The van der Waals surface area contributed by atoms with E-state index in [-0.39, 0.29) is 22.8 Å². The molecule has 3 rings (SSSR count). The minimum Gasteiger partial charge on any atom is -0.478 e. The van der Waals surface area contributed by atoms with Gasteiger partial charge in [0.2, 0.25) is 5.91 Å². The van der Waals surface area contributed by atoms with E-state index in [0.29, 0.717) is 5.69 Å². The Morgan fingerprint density at radius 1 is 0.806 bits per heavy atom. The van der Waals surface area contributed by atoms with E-state index in [1.807, 2.05) is 38.1 Å². The summed E-state index contributed by atoms with van der Waals surface area (Å²) in [5, 5.41) is 14.9. The van der Waals surface area contributed by atoms with Gasteiger partial charge in [-0.05, 0) is 67.4 Å². The summed E-state index contributed by atoms with van der Waals surface area (Å²) >= 11 is 1.34. The molecule has 0 aromatic heterocycles. The van der Waals surface area contributed by atoms with Crippen molar-refractivity contribution in [1.29, 1.82) is 0 Å². The maximum atomic E-state index is 12.5. The molecule has 0 atom stereocenters. The van der Waals surface area contributed by atoms with Crippen LogP contribution in [0.15, 0.2) is 71.6 Å². The fourth-order valence-electron chi connectivity index (χ4n) is 2.89. The van der Waals surface area contributed by atoms with Gasteiger partial charge in [0, 0.05) is 16.3 Å². The first-order valence-corrected chi connectivity index (χ1v) is 10.6. The van der Waals surface area contributed by atoms with Crippen molar-refractivity contribution in [2.75, 3.05) is 16.4 Å². The van der Waals surface area contributed by atoms with Crippen LogP contribution in [0.5, 0.6) is 0 Å². The number of carboxylic acid groups (broad SMARTS) is 1. The molecule has 0 bridgehead atoms. The van der Waals surface area contributed by atoms with Crippen LogP contribution in [0.3, 0.4) is 0 Å². The van der Waals surface area contributed by atoms with Crippen molar-refractivity contribution in [2.24, 2.45) is 0 Å². The van der Waals surface area contributed by atoms with Crippen LogP contribution in [0.2, 0.25) is 0 Å². The Bertz CT molecular complexity index is 1140. The highest BCUT2D eigenvalue weighted by Gasteiger charge is 2.16. The van der Waals surface area contributed by atoms with Gasteiger partial charge in [-0.15, -0.1) is 11.8 Å². The molecule has 0 saturated carbocycles. The number of amides is 2. The largest absolute Gasteiger partial charge is 0.478 e. The van der Waals surface area contributed by atoms with Crippen LogP contribution in [-0.4, -0.2) is 28.6 Å². The predicted octanol–water partition coefficient (Wildman–Crippen LogP) is 4.98. The summed E-state index contributed by atoms with van der Waals surface area (Å²) in [6.07, 6.45) is 0. The lowest BCUT2D eigenvalue weighted by Gasteiger charge is -2.10. The molecule has 2 amide bonds. The highest BCUT2D eigenvalue weighted by Crippen LogP contribution is 2.23. The van der Waals surface area contributed by atoms with E-state index in [1.165, 1.54) is 23.9 Å². The summed E-state index contributed by atoms with van der Waals surface area (Å²) in [7, 11) is 0. The summed E-state index contributed by atoms with van der Waals surface area (Å²) < 4.78 is 0. The van der Waals surface area contributed by atoms with E-state index in [9.17, 15) is 19.5 Å². The van der Waals surface area contributed by atoms with Crippen LogP contribution in [0.25, 0.3) is 0 Å². The van der Waals surface area contributed by atoms with Crippen LogP contribution < -0.4 is 10.6 Å². The number of carbonyl (C=O) groups excluding carboxylic acids is 2. The molecule has 0 unspecified atom stereocenters. The first-order chi connectivity index (χ1) is 14.8. The third-order valence-corrected chi connectivity index (χ3v) is 5.65. The van der Waals surface area contributed by atoms with Gasteiger partial charge < -0.3 is 15.7 Å². The van der Waals surface area contributed by atoms with Crippen LogP contribution in [0.4, 0.5) is 11.4 Å². The fraction of sp³-hybridized carbons (Fsp3) is 0.125. The molecule has 0 saturated heterocycles. The smallest absolute Gasteiger partial charge is 0.336 e. The Kier molecular flexibility index (Phi) is 7.10. The van der Waals surface area contributed by atoms with E-state index in [4.69, 9.17) is 0 Å². The summed E-state index contributed by atoms with van der Waals surface area (Å²) in [5.41, 5.74) is 3.57. The van der Waals surface area contributed by atoms with Gasteiger partial charge in [0.1, 0.15) is 0 Å². The maximum absolute atomic E-state index is 12.5. The molecule has 0 radical (unpaired) electrons. The van der Waals surface area contributed by atoms with Crippen molar-refractivity contribution in [2.45, 2.75) is 18.7 Å². The number of nitrogens with one attached hydrogen (secondary N) is 2. The van der Waals surface area contributed by atoms with Crippen molar-refractivity contribution >= 4 is 40.9 Å². The molecule has 7 heteroatoms. The zero-order valence-corrected chi connectivity index (χ0v) is 18.0. The van der Waals surface area contributed by atoms with Crippen LogP contribution in [-0.2, 0) is 4.79 Å². The minimum absolute atomic E-state index is 0.0615. The monoisotopic (exact) mass is 434 g/mol. The van der Waals surface area contributed by atoms with Crippen molar-refractivity contribution in [3.05, 3.63) is 89.0 Å². The summed E-state index contributed by atoms with van der Waals surface area (Å²) in [4.78, 5) is 36.9. The van der Waals surface area contributed by atoms with Gasteiger partial charge in [-0.25, -0.2) is 4.79 Å². The number of carbonyl (C=O) groups is 3. The Hall–Kier alpha value is -3.58. The van der Waals surface area contributed by atoms with Crippen molar-refractivity contribution < 1.29 is 19.5 Å². The van der Waals surface area contributed by atoms with Gasteiger partial charge in [0.25, 0.3) is 5.91 Å². The Morgan fingerprint density at radius 3 is 2.23 bits per heavy atom. The van der Waals surface area contributed by atoms with Gasteiger partial charge in [0.05, 0.1) is 16.9 Å². The molecule has 3 aromatic carbocycles. The van der Waals surface area contributed by atoms with Gasteiger partial charge in [-0.1, -0.05) is 24.3 Å². The molecule has 3 N–H and O–H groups in total. The highest BCUT2D eigenvalue weighted by molar-refractivity contribution is 8.00. The average molecular weight is 435 g/mol. The number of rotatable bonds is 7. The Labute approximate surface area is 184 Å². The minimum atomic E-state index is -1.16. The molecular formula is C24H22N2O4S. The summed E-state index contributed by atoms with van der Waals surface area (Å²) in [5.74, 6) is -1.58. The van der Waals surface area contributed by atoms with E-state index in [1.54, 1.807) is 30.3 Å². The number of aromatic carboxylic acids is 1. The molecular weight excluding hydrogens is 412 g/mol. The second-order valence-corrected chi connectivity index (χ2v) is 8.02. The van der Waals surface area contributed by atoms with E-state index in [2.05, 4.69) is 10.6 Å². The first kappa shape index (κ1) is 22.1. The lowest BCUT2D eigenvalue weighted by molar-refractivity contribution is -0.113. The number of thioether (sulfide) groups is 1. The zero-order chi connectivity index (χ0) is 22.4. The highest BCUT2D eigenvalue weighted by atomic mass is 32.2. The molecule has 0 aliphatic heterocycles. The second-order valence-electron chi connectivity index (χ2n) is 6.97. The molecule has 0 aliphatic rings. The fourth-order valence-corrected chi connectivity index (χ4v) is 3.65. The SMILES string of the molecule is Cc1ccc(NC(=O)CSc2cccc(NC(=O)c3ccccc3C(=O)O)c2)cc1C. The Balaban J connectivity index is 1.61. The van der Waals surface area contributed by atoms with Gasteiger partial charge in [0.15, 0.2) is 0 Å².